The normalized spacial score (nSPS) is 9.56. The molecule has 16 heavy (non-hydrogen) atoms. The Kier molecular flexibility index (Phi) is 3.46. The lowest BCUT2D eigenvalue weighted by Gasteiger charge is -2.13. The van der Waals surface area contributed by atoms with Crippen molar-refractivity contribution in [1.29, 1.82) is 0 Å². The van der Waals surface area contributed by atoms with Crippen LogP contribution in [0.4, 0.5) is 11.4 Å². The Labute approximate surface area is 95.8 Å². The van der Waals surface area contributed by atoms with Crippen LogP contribution in [0.25, 0.3) is 0 Å². The predicted molar refractivity (Wildman–Crippen MR) is 70.1 cm³/mol. The maximum absolute atomic E-state index is 5.92. The topological polar surface area (TPSA) is 50.1 Å². The van der Waals surface area contributed by atoms with Crippen molar-refractivity contribution in [3.8, 4) is 0 Å². The van der Waals surface area contributed by atoms with Gasteiger partial charge in [0.15, 0.2) is 0 Å². The molecule has 2 aromatic rings. The fourth-order valence-electron chi connectivity index (χ4n) is 1.46. The van der Waals surface area contributed by atoms with E-state index in [4.69, 9.17) is 5.64 Å². The summed E-state index contributed by atoms with van der Waals surface area (Å²) in [6, 6.07) is 19.7. The molecule has 0 atom stereocenters. The van der Waals surface area contributed by atoms with E-state index in [9.17, 15) is 0 Å². The van der Waals surface area contributed by atoms with Crippen molar-refractivity contribution in [2.75, 3.05) is 10.5 Å². The molecule has 3 nitrogen and oxygen atoms in total. The van der Waals surface area contributed by atoms with E-state index in [1.54, 1.807) is 0 Å². The van der Waals surface area contributed by atoms with Crippen LogP contribution in [0.3, 0.4) is 0 Å². The van der Waals surface area contributed by atoms with Crippen LogP contribution in [-0.2, 0) is 0 Å². The van der Waals surface area contributed by atoms with Crippen molar-refractivity contribution in [3.63, 3.8) is 0 Å². The van der Waals surface area contributed by atoms with Crippen molar-refractivity contribution in [2.45, 2.75) is 0 Å². The molecule has 0 saturated heterocycles. The number of hydrogen-bond acceptors (Lipinski definition) is 3. The molecule has 0 aliphatic rings. The van der Waals surface area contributed by atoms with E-state index >= 15 is 0 Å². The highest BCUT2D eigenvalue weighted by molar-refractivity contribution is 6.62. The number of nitrogens with one attached hydrogen (secondary N) is 2. The molecule has 0 spiro atoms. The number of rotatable bonds is 4. The summed E-state index contributed by atoms with van der Waals surface area (Å²) in [4.78, 5) is 0. The Morgan fingerprint density at radius 2 is 1.06 bits per heavy atom. The van der Waals surface area contributed by atoms with E-state index in [2.05, 4.69) is 10.5 Å². The lowest BCUT2D eigenvalue weighted by atomic mass is 9.95. The zero-order valence-electron chi connectivity index (χ0n) is 8.93. The third-order valence-corrected chi connectivity index (χ3v) is 2.19. The van der Waals surface area contributed by atoms with Crippen LogP contribution in [0, 0.1) is 0 Å². The summed E-state index contributed by atoms with van der Waals surface area (Å²) in [6.45, 7) is 0. The second-order valence-corrected chi connectivity index (χ2v) is 3.50. The first-order valence-corrected chi connectivity index (χ1v) is 5.23. The lowest BCUT2D eigenvalue weighted by molar-refractivity contribution is 1.55. The molecule has 0 aliphatic carbocycles. The number of hydrogen-bond donors (Lipinski definition) is 3. The molecular weight excluding hydrogens is 197 g/mol. The Morgan fingerprint density at radius 1 is 0.688 bits per heavy atom. The highest BCUT2D eigenvalue weighted by Gasteiger charge is 2.08. The Hall–Kier alpha value is -1.94. The van der Waals surface area contributed by atoms with Crippen molar-refractivity contribution in [2.24, 2.45) is 5.64 Å². The van der Waals surface area contributed by atoms with Gasteiger partial charge in [0, 0.05) is 11.4 Å². The fraction of sp³-hybridized carbons (Fsp3) is 0. The average Bonchev–Trinajstić information content (AvgIpc) is 2.31. The number of benzene rings is 2. The van der Waals surface area contributed by atoms with Crippen molar-refractivity contribution >= 4 is 18.5 Å². The minimum Gasteiger partial charge on any atom is -0.395 e. The minimum absolute atomic E-state index is 0.301. The monoisotopic (exact) mass is 211 g/mol. The molecule has 0 bridgehead atoms. The first kappa shape index (κ1) is 10.6. The van der Waals surface area contributed by atoms with Crippen LogP contribution in [0.5, 0.6) is 0 Å². The molecule has 0 unspecified atom stereocenters. The van der Waals surface area contributed by atoms with Gasteiger partial charge in [-0.15, -0.1) is 0 Å². The Bertz CT molecular complexity index is 377. The van der Waals surface area contributed by atoms with Crippen LogP contribution < -0.4 is 16.1 Å². The molecule has 0 radical (unpaired) electrons. The summed E-state index contributed by atoms with van der Waals surface area (Å²) in [5.41, 5.74) is 7.91. The van der Waals surface area contributed by atoms with Gasteiger partial charge in [0.1, 0.15) is 0 Å². The Morgan fingerprint density at radius 3 is 1.44 bits per heavy atom. The van der Waals surface area contributed by atoms with E-state index < -0.39 is 0 Å². The van der Waals surface area contributed by atoms with Crippen LogP contribution in [0.15, 0.2) is 60.7 Å². The molecule has 80 valence electrons. The second kappa shape index (κ2) is 5.23. The summed E-state index contributed by atoms with van der Waals surface area (Å²) in [5.74, 6) is 0. The van der Waals surface area contributed by atoms with Gasteiger partial charge < -0.3 is 16.1 Å². The first-order chi connectivity index (χ1) is 7.84. The van der Waals surface area contributed by atoms with Crippen molar-refractivity contribution in [1.82, 2.24) is 0 Å². The van der Waals surface area contributed by atoms with Gasteiger partial charge in [-0.05, 0) is 24.3 Å². The van der Waals surface area contributed by atoms with E-state index in [1.165, 1.54) is 0 Å². The molecular formula is C12H14BN3. The second-order valence-electron chi connectivity index (χ2n) is 3.50. The van der Waals surface area contributed by atoms with Crippen molar-refractivity contribution in [3.05, 3.63) is 60.7 Å². The molecule has 2 rings (SSSR count). The largest absolute Gasteiger partial charge is 0.459 e. The van der Waals surface area contributed by atoms with E-state index in [1.807, 2.05) is 60.7 Å². The van der Waals surface area contributed by atoms with Crippen LogP contribution in [0.1, 0.15) is 0 Å². The van der Waals surface area contributed by atoms with Gasteiger partial charge >= 0.3 is 7.12 Å². The summed E-state index contributed by atoms with van der Waals surface area (Å²) >= 11 is 0. The Balaban J connectivity index is 1.92. The summed E-state index contributed by atoms with van der Waals surface area (Å²) in [6.07, 6.45) is 0. The number of nitrogens with two attached hydrogens (primary N) is 1. The third-order valence-electron chi connectivity index (χ3n) is 2.19. The molecule has 0 aliphatic heterocycles. The van der Waals surface area contributed by atoms with Crippen molar-refractivity contribution < 1.29 is 0 Å². The molecule has 0 heterocycles. The molecule has 4 N–H and O–H groups in total. The number of anilines is 2. The summed E-state index contributed by atoms with van der Waals surface area (Å²) in [5, 5.41) is 6.31. The van der Waals surface area contributed by atoms with Crippen LogP contribution in [0.2, 0.25) is 0 Å². The highest BCUT2D eigenvalue weighted by atomic mass is 15.0. The van der Waals surface area contributed by atoms with Gasteiger partial charge in [0.25, 0.3) is 0 Å². The van der Waals surface area contributed by atoms with Gasteiger partial charge in [-0.2, -0.15) is 0 Å². The smallest absolute Gasteiger partial charge is 0.395 e. The maximum atomic E-state index is 5.92. The van der Waals surface area contributed by atoms with Gasteiger partial charge in [-0.1, -0.05) is 36.4 Å². The molecule has 0 fully saturated rings. The van der Waals surface area contributed by atoms with E-state index in [0.29, 0.717) is 0 Å². The molecule has 0 saturated carbocycles. The lowest BCUT2D eigenvalue weighted by Crippen LogP contribution is -2.43. The SMILES string of the molecule is NB(Nc1ccccc1)Nc1ccccc1. The zero-order chi connectivity index (χ0) is 11.2. The van der Waals surface area contributed by atoms with Gasteiger partial charge in [-0.25, -0.2) is 0 Å². The third kappa shape index (κ3) is 3.03. The summed E-state index contributed by atoms with van der Waals surface area (Å²) in [7, 11) is -0.301. The molecule has 4 heteroatoms. The maximum Gasteiger partial charge on any atom is 0.459 e. The predicted octanol–water partition coefficient (Wildman–Crippen LogP) is 2.15. The molecule has 0 amide bonds. The average molecular weight is 211 g/mol. The van der Waals surface area contributed by atoms with E-state index in [0.717, 1.165) is 11.4 Å². The van der Waals surface area contributed by atoms with Crippen LogP contribution >= 0.6 is 0 Å². The fourth-order valence-corrected chi connectivity index (χ4v) is 1.46. The first-order valence-electron chi connectivity index (χ1n) is 5.23. The van der Waals surface area contributed by atoms with Crippen LogP contribution in [-0.4, -0.2) is 7.12 Å². The quantitative estimate of drug-likeness (QED) is 0.679. The van der Waals surface area contributed by atoms with E-state index in [-0.39, 0.29) is 7.12 Å². The molecule has 2 aromatic carbocycles. The van der Waals surface area contributed by atoms with Gasteiger partial charge in [-0.3, -0.25) is 0 Å². The zero-order valence-corrected chi connectivity index (χ0v) is 8.93. The highest BCUT2D eigenvalue weighted by Crippen LogP contribution is 2.07. The van der Waals surface area contributed by atoms with Gasteiger partial charge in [0.2, 0.25) is 0 Å². The molecule has 0 aromatic heterocycles. The standard InChI is InChI=1S/C12H14BN3/c14-13(15-11-7-3-1-4-8-11)16-12-9-5-2-6-10-12/h1-10,15-16H,14H2. The number of para-hydroxylation sites is 2. The van der Waals surface area contributed by atoms with Gasteiger partial charge in [0.05, 0.1) is 0 Å². The minimum atomic E-state index is -0.301. The summed E-state index contributed by atoms with van der Waals surface area (Å²) < 4.78 is 0.